The Morgan fingerprint density at radius 2 is 1.45 bits per heavy atom. The highest BCUT2D eigenvalue weighted by atomic mass is 16.6. The number of hydrogen-bond donors (Lipinski definition) is 0. The molecule has 3 heteroatoms. The molecule has 0 aliphatic heterocycles. The summed E-state index contributed by atoms with van der Waals surface area (Å²) in [5.74, 6) is -0.281. The van der Waals surface area contributed by atoms with Gasteiger partial charge in [-0.1, -0.05) is 70.1 Å². The predicted octanol–water partition coefficient (Wildman–Crippen LogP) is 5.00. The third-order valence-corrected chi connectivity index (χ3v) is 3.61. The Bertz CT molecular complexity index is 376. The van der Waals surface area contributed by atoms with E-state index in [1.165, 1.54) is 44.9 Å². The molecule has 1 rings (SSSR count). The maximum atomic E-state index is 11.6. The minimum atomic E-state index is -0.281. The number of ether oxygens (including phenoxy) is 2. The number of unbranched alkanes of at least 4 members (excludes halogenated alkanes) is 7. The number of carbonyl (C=O) groups excluding carboxylic acids is 1. The first kappa shape index (κ1) is 18.7. The fourth-order valence-electron chi connectivity index (χ4n) is 2.29. The van der Waals surface area contributed by atoms with Crippen LogP contribution in [0, 0.1) is 0 Å². The zero-order valence-electron chi connectivity index (χ0n) is 13.9. The van der Waals surface area contributed by atoms with Crippen molar-refractivity contribution in [2.75, 3.05) is 19.8 Å². The van der Waals surface area contributed by atoms with E-state index in [9.17, 15) is 4.79 Å². The monoisotopic (exact) mass is 306 g/mol. The molecular formula is C19H30O3. The van der Waals surface area contributed by atoms with Crippen molar-refractivity contribution in [2.45, 2.75) is 58.3 Å². The molecule has 0 amide bonds. The van der Waals surface area contributed by atoms with Gasteiger partial charge in [-0.25, -0.2) is 4.79 Å². The Kier molecular flexibility index (Phi) is 11.3. The lowest BCUT2D eigenvalue weighted by Gasteiger charge is -2.06. The highest BCUT2D eigenvalue weighted by Crippen LogP contribution is 2.08. The van der Waals surface area contributed by atoms with E-state index in [2.05, 4.69) is 6.92 Å². The summed E-state index contributed by atoms with van der Waals surface area (Å²) in [5, 5.41) is 0. The van der Waals surface area contributed by atoms with Crippen LogP contribution in [0.1, 0.15) is 68.6 Å². The van der Waals surface area contributed by atoms with Gasteiger partial charge in [-0.15, -0.1) is 0 Å². The zero-order chi connectivity index (χ0) is 15.9. The van der Waals surface area contributed by atoms with Gasteiger partial charge in [0.2, 0.25) is 0 Å². The van der Waals surface area contributed by atoms with E-state index in [1.54, 1.807) is 12.1 Å². The number of esters is 1. The van der Waals surface area contributed by atoms with Gasteiger partial charge < -0.3 is 9.47 Å². The average molecular weight is 306 g/mol. The van der Waals surface area contributed by atoms with Gasteiger partial charge in [0.15, 0.2) is 0 Å². The molecule has 0 bridgehead atoms. The molecule has 3 nitrogen and oxygen atoms in total. The van der Waals surface area contributed by atoms with Crippen LogP contribution >= 0.6 is 0 Å². The Balaban J connectivity index is 1.85. The van der Waals surface area contributed by atoms with Crippen LogP contribution in [-0.4, -0.2) is 25.8 Å². The Morgan fingerprint density at radius 3 is 2.14 bits per heavy atom. The quantitative estimate of drug-likeness (QED) is 0.380. The Hall–Kier alpha value is -1.35. The van der Waals surface area contributed by atoms with Crippen LogP contribution in [0.3, 0.4) is 0 Å². The second kappa shape index (κ2) is 13.3. The molecule has 0 aromatic heterocycles. The van der Waals surface area contributed by atoms with Gasteiger partial charge in [-0.3, -0.25) is 0 Å². The van der Waals surface area contributed by atoms with E-state index in [1.807, 2.05) is 18.2 Å². The molecule has 0 fully saturated rings. The van der Waals surface area contributed by atoms with Gasteiger partial charge in [0.1, 0.15) is 6.61 Å². The van der Waals surface area contributed by atoms with Crippen LogP contribution < -0.4 is 0 Å². The summed E-state index contributed by atoms with van der Waals surface area (Å²) >= 11 is 0. The number of rotatable bonds is 13. The first-order chi connectivity index (χ1) is 10.8. The lowest BCUT2D eigenvalue weighted by atomic mass is 10.1. The molecule has 0 atom stereocenters. The van der Waals surface area contributed by atoms with E-state index in [0.717, 1.165) is 13.0 Å². The highest BCUT2D eigenvalue weighted by molar-refractivity contribution is 5.89. The molecule has 0 unspecified atom stereocenters. The minimum Gasteiger partial charge on any atom is -0.460 e. The lowest BCUT2D eigenvalue weighted by molar-refractivity contribution is 0.0312. The van der Waals surface area contributed by atoms with Gasteiger partial charge in [-0.2, -0.15) is 0 Å². The Labute approximate surface area is 135 Å². The number of benzene rings is 1. The third-order valence-electron chi connectivity index (χ3n) is 3.61. The normalized spacial score (nSPS) is 10.6. The lowest BCUT2D eigenvalue weighted by Crippen LogP contribution is -2.11. The van der Waals surface area contributed by atoms with Crippen molar-refractivity contribution in [1.29, 1.82) is 0 Å². The first-order valence-corrected chi connectivity index (χ1v) is 8.64. The molecule has 0 N–H and O–H groups in total. The molecule has 0 spiro atoms. The SMILES string of the molecule is CCCCCCCCCCOCCOC(=O)c1ccccc1. The largest absolute Gasteiger partial charge is 0.460 e. The fourth-order valence-corrected chi connectivity index (χ4v) is 2.29. The summed E-state index contributed by atoms with van der Waals surface area (Å²) in [5.41, 5.74) is 0.588. The van der Waals surface area contributed by atoms with Crippen LogP contribution in [-0.2, 0) is 9.47 Å². The van der Waals surface area contributed by atoms with Crippen molar-refractivity contribution in [3.8, 4) is 0 Å². The second-order valence-corrected chi connectivity index (χ2v) is 5.59. The molecular weight excluding hydrogens is 276 g/mol. The predicted molar refractivity (Wildman–Crippen MR) is 90.2 cm³/mol. The van der Waals surface area contributed by atoms with Gasteiger partial charge in [-0.05, 0) is 18.6 Å². The summed E-state index contributed by atoms with van der Waals surface area (Å²) in [6.07, 6.45) is 10.4. The minimum absolute atomic E-state index is 0.281. The molecule has 0 radical (unpaired) electrons. The summed E-state index contributed by atoms with van der Waals surface area (Å²) in [6, 6.07) is 9.04. The summed E-state index contributed by atoms with van der Waals surface area (Å²) in [7, 11) is 0. The van der Waals surface area contributed by atoms with Crippen molar-refractivity contribution in [3.05, 3.63) is 35.9 Å². The van der Waals surface area contributed by atoms with E-state index in [0.29, 0.717) is 18.8 Å². The highest BCUT2D eigenvalue weighted by Gasteiger charge is 2.04. The van der Waals surface area contributed by atoms with Crippen LogP contribution in [0.4, 0.5) is 0 Å². The van der Waals surface area contributed by atoms with Crippen molar-refractivity contribution >= 4 is 5.97 Å². The first-order valence-electron chi connectivity index (χ1n) is 8.64. The summed E-state index contributed by atoms with van der Waals surface area (Å²) in [6.45, 7) is 3.81. The smallest absolute Gasteiger partial charge is 0.338 e. The fraction of sp³-hybridized carbons (Fsp3) is 0.632. The standard InChI is InChI=1S/C19H30O3/c1-2-3-4-5-6-7-8-12-15-21-16-17-22-19(20)18-13-10-9-11-14-18/h9-11,13-14H,2-8,12,15-17H2,1H3. The molecule has 124 valence electrons. The maximum Gasteiger partial charge on any atom is 0.338 e. The molecule has 0 saturated heterocycles. The van der Waals surface area contributed by atoms with Crippen LogP contribution in [0.5, 0.6) is 0 Å². The number of hydrogen-bond acceptors (Lipinski definition) is 3. The van der Waals surface area contributed by atoms with E-state index < -0.39 is 0 Å². The van der Waals surface area contributed by atoms with Gasteiger partial charge in [0.05, 0.1) is 12.2 Å². The van der Waals surface area contributed by atoms with Crippen molar-refractivity contribution in [2.24, 2.45) is 0 Å². The third kappa shape index (κ3) is 9.56. The maximum absolute atomic E-state index is 11.6. The van der Waals surface area contributed by atoms with Crippen molar-refractivity contribution < 1.29 is 14.3 Å². The summed E-state index contributed by atoms with van der Waals surface area (Å²) < 4.78 is 10.6. The molecule has 0 aliphatic rings. The second-order valence-electron chi connectivity index (χ2n) is 5.59. The topological polar surface area (TPSA) is 35.5 Å². The molecule has 22 heavy (non-hydrogen) atoms. The van der Waals surface area contributed by atoms with Crippen LogP contribution in [0.2, 0.25) is 0 Å². The Morgan fingerprint density at radius 1 is 0.818 bits per heavy atom. The van der Waals surface area contributed by atoms with E-state index in [4.69, 9.17) is 9.47 Å². The number of carbonyl (C=O) groups is 1. The zero-order valence-corrected chi connectivity index (χ0v) is 13.9. The van der Waals surface area contributed by atoms with E-state index >= 15 is 0 Å². The molecule has 1 aromatic rings. The van der Waals surface area contributed by atoms with Gasteiger partial charge in [0.25, 0.3) is 0 Å². The van der Waals surface area contributed by atoms with Gasteiger partial charge >= 0.3 is 5.97 Å². The van der Waals surface area contributed by atoms with Crippen LogP contribution in [0.15, 0.2) is 30.3 Å². The molecule has 0 heterocycles. The van der Waals surface area contributed by atoms with Crippen molar-refractivity contribution in [1.82, 2.24) is 0 Å². The van der Waals surface area contributed by atoms with E-state index in [-0.39, 0.29) is 5.97 Å². The van der Waals surface area contributed by atoms with Crippen molar-refractivity contribution in [3.63, 3.8) is 0 Å². The summed E-state index contributed by atoms with van der Waals surface area (Å²) in [4.78, 5) is 11.6. The average Bonchev–Trinajstić information content (AvgIpc) is 2.56. The molecule has 0 saturated carbocycles. The molecule has 0 aliphatic carbocycles. The molecule has 1 aromatic carbocycles. The van der Waals surface area contributed by atoms with Gasteiger partial charge in [0, 0.05) is 6.61 Å². The van der Waals surface area contributed by atoms with Crippen LogP contribution in [0.25, 0.3) is 0 Å².